The number of nitrogens with zero attached hydrogens (tertiary/aromatic N) is 1. The third-order valence-electron chi connectivity index (χ3n) is 3.25. The van der Waals surface area contributed by atoms with Crippen LogP contribution >= 0.6 is 0 Å². The second kappa shape index (κ2) is 4.57. The highest BCUT2D eigenvalue weighted by Crippen LogP contribution is 2.35. The molecule has 2 rings (SSSR count). The van der Waals surface area contributed by atoms with Crippen molar-refractivity contribution in [3.05, 3.63) is 23.8 Å². The van der Waals surface area contributed by atoms with Gasteiger partial charge in [-0.1, -0.05) is 0 Å². The maximum Gasteiger partial charge on any atom is 0.337 e. The average Bonchev–Trinajstić information content (AvgIpc) is 2.38. The Morgan fingerprint density at radius 2 is 2.11 bits per heavy atom. The Morgan fingerprint density at radius 1 is 1.42 bits per heavy atom. The molecule has 0 bridgehead atoms. The van der Waals surface area contributed by atoms with E-state index in [2.05, 4.69) is 5.32 Å². The number of esters is 1. The Hall–Kier alpha value is -2.04. The number of hydrogen-bond donors (Lipinski definition) is 1. The molecule has 0 fully saturated rings. The smallest absolute Gasteiger partial charge is 0.337 e. The van der Waals surface area contributed by atoms with Gasteiger partial charge in [0.1, 0.15) is 5.54 Å². The van der Waals surface area contributed by atoms with E-state index in [1.165, 1.54) is 7.11 Å². The average molecular weight is 262 g/mol. The van der Waals surface area contributed by atoms with Crippen LogP contribution < -0.4 is 10.2 Å². The summed E-state index contributed by atoms with van der Waals surface area (Å²) in [4.78, 5) is 25.6. The molecule has 0 atom stereocenters. The van der Waals surface area contributed by atoms with Gasteiger partial charge in [0, 0.05) is 6.54 Å². The number of carbonyl (C=O) groups excluding carboxylic acids is 2. The lowest BCUT2D eigenvalue weighted by atomic mass is 9.97. The first-order chi connectivity index (χ1) is 8.90. The summed E-state index contributed by atoms with van der Waals surface area (Å²) in [7, 11) is 1.34. The maximum absolute atomic E-state index is 12.3. The SMILES string of the molecule is CCN1C(=O)C(C)(C)Nc2ccc(C(=O)OC)cc21. The van der Waals surface area contributed by atoms with Crippen LogP contribution in [-0.2, 0) is 9.53 Å². The van der Waals surface area contributed by atoms with Gasteiger partial charge in [-0.2, -0.15) is 0 Å². The van der Waals surface area contributed by atoms with Gasteiger partial charge in [-0.15, -0.1) is 0 Å². The molecule has 5 nitrogen and oxygen atoms in total. The predicted octanol–water partition coefficient (Wildman–Crippen LogP) is 2.03. The highest BCUT2D eigenvalue weighted by atomic mass is 16.5. The maximum atomic E-state index is 12.3. The predicted molar refractivity (Wildman–Crippen MR) is 73.5 cm³/mol. The number of amides is 1. The van der Waals surface area contributed by atoms with Crippen LogP contribution in [0.2, 0.25) is 0 Å². The van der Waals surface area contributed by atoms with Crippen molar-refractivity contribution in [1.82, 2.24) is 0 Å². The first-order valence-electron chi connectivity index (χ1n) is 6.23. The number of methoxy groups -OCH3 is 1. The molecule has 0 saturated heterocycles. The van der Waals surface area contributed by atoms with Gasteiger partial charge >= 0.3 is 5.97 Å². The molecule has 1 aliphatic rings. The number of carbonyl (C=O) groups is 2. The van der Waals surface area contributed by atoms with Crippen LogP contribution in [0.1, 0.15) is 31.1 Å². The van der Waals surface area contributed by atoms with Gasteiger partial charge in [-0.3, -0.25) is 4.79 Å². The Labute approximate surface area is 112 Å². The first-order valence-corrected chi connectivity index (χ1v) is 6.23. The van der Waals surface area contributed by atoms with Crippen LogP contribution in [-0.4, -0.2) is 31.1 Å². The van der Waals surface area contributed by atoms with E-state index in [9.17, 15) is 9.59 Å². The molecule has 0 aliphatic carbocycles. The zero-order valence-electron chi connectivity index (χ0n) is 11.6. The third kappa shape index (κ3) is 2.16. The molecule has 5 heteroatoms. The van der Waals surface area contributed by atoms with E-state index >= 15 is 0 Å². The molecule has 19 heavy (non-hydrogen) atoms. The quantitative estimate of drug-likeness (QED) is 0.828. The van der Waals surface area contributed by atoms with Crippen LogP contribution in [0.15, 0.2) is 18.2 Å². The molecule has 0 saturated carbocycles. The Kier molecular flexibility index (Phi) is 3.22. The summed E-state index contributed by atoms with van der Waals surface area (Å²) in [5.74, 6) is -0.416. The lowest BCUT2D eigenvalue weighted by molar-refractivity contribution is -0.122. The number of fused-ring (bicyclic) bond motifs is 1. The largest absolute Gasteiger partial charge is 0.465 e. The van der Waals surface area contributed by atoms with Gasteiger partial charge in [0.2, 0.25) is 0 Å². The molecule has 0 aromatic heterocycles. The number of anilines is 2. The fourth-order valence-corrected chi connectivity index (χ4v) is 2.26. The number of hydrogen-bond acceptors (Lipinski definition) is 4. The highest BCUT2D eigenvalue weighted by Gasteiger charge is 2.38. The molecule has 1 aromatic rings. The van der Waals surface area contributed by atoms with Crippen molar-refractivity contribution in [1.29, 1.82) is 0 Å². The van der Waals surface area contributed by atoms with Crippen LogP contribution in [0.3, 0.4) is 0 Å². The molecule has 0 radical (unpaired) electrons. The fraction of sp³-hybridized carbons (Fsp3) is 0.429. The summed E-state index contributed by atoms with van der Waals surface area (Å²) in [5, 5.41) is 3.19. The molecule has 1 N–H and O–H groups in total. The van der Waals surface area contributed by atoms with E-state index in [1.807, 2.05) is 20.8 Å². The van der Waals surface area contributed by atoms with E-state index in [-0.39, 0.29) is 5.91 Å². The molecule has 1 aliphatic heterocycles. The third-order valence-corrected chi connectivity index (χ3v) is 3.25. The molecule has 0 unspecified atom stereocenters. The fourth-order valence-electron chi connectivity index (χ4n) is 2.26. The summed E-state index contributed by atoms with van der Waals surface area (Å²) in [6.45, 7) is 6.15. The zero-order chi connectivity index (χ0) is 14.2. The molecule has 1 amide bonds. The van der Waals surface area contributed by atoms with Crippen molar-refractivity contribution < 1.29 is 14.3 Å². The molecule has 1 heterocycles. The topological polar surface area (TPSA) is 58.6 Å². The van der Waals surface area contributed by atoms with Gasteiger partial charge in [0.05, 0.1) is 24.0 Å². The van der Waals surface area contributed by atoms with E-state index in [0.29, 0.717) is 12.1 Å². The van der Waals surface area contributed by atoms with Crippen LogP contribution in [0.25, 0.3) is 0 Å². The molecule has 0 spiro atoms. The summed E-state index contributed by atoms with van der Waals surface area (Å²) in [6, 6.07) is 5.18. The van der Waals surface area contributed by atoms with Crippen molar-refractivity contribution >= 4 is 23.3 Å². The van der Waals surface area contributed by atoms with Crippen LogP contribution in [0.5, 0.6) is 0 Å². The zero-order valence-corrected chi connectivity index (χ0v) is 11.6. The van der Waals surface area contributed by atoms with Crippen LogP contribution in [0, 0.1) is 0 Å². The summed E-state index contributed by atoms with van der Waals surface area (Å²) < 4.78 is 4.70. The van der Waals surface area contributed by atoms with Gasteiger partial charge in [-0.05, 0) is 39.0 Å². The Morgan fingerprint density at radius 3 is 2.68 bits per heavy atom. The Balaban J connectivity index is 2.52. The van der Waals surface area contributed by atoms with Crippen LogP contribution in [0.4, 0.5) is 11.4 Å². The van der Waals surface area contributed by atoms with E-state index < -0.39 is 11.5 Å². The van der Waals surface area contributed by atoms with Crippen molar-refractivity contribution in [2.24, 2.45) is 0 Å². The molecular weight excluding hydrogens is 244 g/mol. The minimum Gasteiger partial charge on any atom is -0.465 e. The summed E-state index contributed by atoms with van der Waals surface area (Å²) in [6.07, 6.45) is 0. The van der Waals surface area contributed by atoms with E-state index in [0.717, 1.165) is 11.4 Å². The summed E-state index contributed by atoms with van der Waals surface area (Å²) >= 11 is 0. The van der Waals surface area contributed by atoms with Crippen molar-refractivity contribution in [2.75, 3.05) is 23.9 Å². The lowest BCUT2D eigenvalue weighted by Gasteiger charge is -2.39. The normalized spacial score (nSPS) is 16.6. The molecule has 102 valence electrons. The Bertz CT molecular complexity index is 537. The number of nitrogens with one attached hydrogen (secondary N) is 1. The van der Waals surface area contributed by atoms with E-state index in [4.69, 9.17) is 4.74 Å². The second-order valence-corrected chi connectivity index (χ2v) is 5.02. The van der Waals surface area contributed by atoms with Crippen molar-refractivity contribution in [3.8, 4) is 0 Å². The van der Waals surface area contributed by atoms with Crippen molar-refractivity contribution in [3.63, 3.8) is 0 Å². The monoisotopic (exact) mass is 262 g/mol. The van der Waals surface area contributed by atoms with Gasteiger partial charge < -0.3 is 15.0 Å². The van der Waals surface area contributed by atoms with E-state index in [1.54, 1.807) is 23.1 Å². The number of ether oxygens (including phenoxy) is 1. The number of benzene rings is 1. The minimum absolute atomic E-state index is 0.00971. The summed E-state index contributed by atoms with van der Waals surface area (Å²) in [5.41, 5.74) is 1.36. The van der Waals surface area contributed by atoms with Gasteiger partial charge in [0.15, 0.2) is 0 Å². The van der Waals surface area contributed by atoms with Crippen molar-refractivity contribution in [2.45, 2.75) is 26.3 Å². The number of likely N-dealkylation sites (N-methyl/N-ethyl adjacent to an activating group) is 1. The number of rotatable bonds is 2. The molecule has 1 aromatic carbocycles. The van der Waals surface area contributed by atoms with Gasteiger partial charge in [-0.25, -0.2) is 4.79 Å². The lowest BCUT2D eigenvalue weighted by Crippen LogP contribution is -2.53. The van der Waals surface area contributed by atoms with Gasteiger partial charge in [0.25, 0.3) is 5.91 Å². The molecular formula is C14H18N2O3. The standard InChI is InChI=1S/C14H18N2O3/c1-5-16-11-8-9(12(17)19-4)6-7-10(11)15-14(2,3)13(16)18/h6-8,15H,5H2,1-4H3. The second-order valence-electron chi connectivity index (χ2n) is 5.02. The first kappa shape index (κ1) is 13.4. The highest BCUT2D eigenvalue weighted by molar-refractivity contribution is 6.08. The minimum atomic E-state index is -0.643.